The lowest BCUT2D eigenvalue weighted by Crippen LogP contribution is -2.51. The molecule has 140 valence electrons. The maximum Gasteiger partial charge on any atom is 0.237 e. The van der Waals surface area contributed by atoms with Crippen LogP contribution in [0.3, 0.4) is 0 Å². The summed E-state index contributed by atoms with van der Waals surface area (Å²) in [6, 6.07) is 10.6. The van der Waals surface area contributed by atoms with Gasteiger partial charge in [-0.1, -0.05) is 36.8 Å². The standard InChI is InChI=1S/C20H30N2O2.ClH/c1-17(22-12-6-3-7-13-22)19(23)21-16-20(10-14-24-15-11-20)18-8-4-2-5-9-18;/h2,4-5,8-9,17H,3,6-7,10-16H2,1H3,(H,21,23);1H. The number of nitrogens with zero attached hydrogens (tertiary/aromatic N) is 1. The van der Waals surface area contributed by atoms with E-state index in [-0.39, 0.29) is 29.8 Å². The van der Waals surface area contributed by atoms with Crippen molar-refractivity contribution < 1.29 is 9.53 Å². The van der Waals surface area contributed by atoms with Gasteiger partial charge in [0.15, 0.2) is 0 Å². The number of hydrogen-bond acceptors (Lipinski definition) is 3. The van der Waals surface area contributed by atoms with Gasteiger partial charge < -0.3 is 10.1 Å². The number of rotatable bonds is 5. The number of piperidine rings is 1. The molecule has 0 aromatic heterocycles. The lowest BCUT2D eigenvalue weighted by Gasteiger charge is -2.39. The van der Waals surface area contributed by atoms with Crippen molar-refractivity contribution in [2.24, 2.45) is 0 Å². The van der Waals surface area contributed by atoms with Gasteiger partial charge in [0.1, 0.15) is 0 Å². The van der Waals surface area contributed by atoms with Gasteiger partial charge in [0.2, 0.25) is 5.91 Å². The molecule has 2 heterocycles. The van der Waals surface area contributed by atoms with Crippen molar-refractivity contribution in [3.63, 3.8) is 0 Å². The lowest BCUT2D eigenvalue weighted by atomic mass is 9.74. The van der Waals surface area contributed by atoms with E-state index in [0.29, 0.717) is 6.54 Å². The molecule has 2 aliphatic rings. The molecule has 25 heavy (non-hydrogen) atoms. The van der Waals surface area contributed by atoms with Gasteiger partial charge in [-0.25, -0.2) is 0 Å². The quantitative estimate of drug-likeness (QED) is 0.870. The molecular formula is C20H31ClN2O2. The fourth-order valence-electron chi connectivity index (χ4n) is 4.00. The third kappa shape index (κ3) is 4.96. The Morgan fingerprint density at radius 1 is 1.16 bits per heavy atom. The van der Waals surface area contributed by atoms with Crippen LogP contribution in [0.1, 0.15) is 44.6 Å². The van der Waals surface area contributed by atoms with Crippen LogP contribution in [0.15, 0.2) is 30.3 Å². The summed E-state index contributed by atoms with van der Waals surface area (Å²) in [5, 5.41) is 3.25. The van der Waals surface area contributed by atoms with Crippen molar-refractivity contribution in [1.82, 2.24) is 10.2 Å². The SMILES string of the molecule is CC(C(=O)NCC1(c2ccccc2)CCOCC1)N1CCCCC1.Cl. The molecule has 1 atom stereocenters. The largest absolute Gasteiger partial charge is 0.381 e. The minimum absolute atomic E-state index is 0. The van der Waals surface area contributed by atoms with Crippen LogP contribution in [0, 0.1) is 0 Å². The molecule has 4 nitrogen and oxygen atoms in total. The highest BCUT2D eigenvalue weighted by Gasteiger charge is 2.35. The summed E-state index contributed by atoms with van der Waals surface area (Å²) in [7, 11) is 0. The monoisotopic (exact) mass is 366 g/mol. The Balaban J connectivity index is 0.00000225. The first-order chi connectivity index (χ1) is 11.7. The van der Waals surface area contributed by atoms with Crippen LogP contribution in [0.5, 0.6) is 0 Å². The van der Waals surface area contributed by atoms with Crippen LogP contribution in [0.25, 0.3) is 0 Å². The highest BCUT2D eigenvalue weighted by Crippen LogP contribution is 2.34. The van der Waals surface area contributed by atoms with Crippen molar-refractivity contribution in [1.29, 1.82) is 0 Å². The molecule has 2 fully saturated rings. The molecule has 0 aliphatic carbocycles. The minimum Gasteiger partial charge on any atom is -0.381 e. The van der Waals surface area contributed by atoms with Gasteiger partial charge in [-0.3, -0.25) is 9.69 Å². The van der Waals surface area contributed by atoms with Crippen LogP contribution < -0.4 is 5.32 Å². The Labute approximate surface area is 157 Å². The lowest BCUT2D eigenvalue weighted by molar-refractivity contribution is -0.126. The smallest absolute Gasteiger partial charge is 0.237 e. The second-order valence-electron chi connectivity index (χ2n) is 7.25. The number of benzene rings is 1. The Kier molecular flexibility index (Phi) is 7.73. The maximum absolute atomic E-state index is 12.7. The second kappa shape index (κ2) is 9.56. The number of hydrogen-bond donors (Lipinski definition) is 1. The molecule has 1 unspecified atom stereocenters. The molecule has 2 saturated heterocycles. The third-order valence-corrected chi connectivity index (χ3v) is 5.75. The summed E-state index contributed by atoms with van der Waals surface area (Å²) < 4.78 is 5.57. The van der Waals surface area contributed by atoms with E-state index in [0.717, 1.165) is 39.1 Å². The van der Waals surface area contributed by atoms with Gasteiger partial charge in [0, 0.05) is 25.2 Å². The number of carbonyl (C=O) groups is 1. The van der Waals surface area contributed by atoms with E-state index < -0.39 is 0 Å². The fraction of sp³-hybridized carbons (Fsp3) is 0.650. The molecule has 0 radical (unpaired) electrons. The number of halogens is 1. The summed E-state index contributed by atoms with van der Waals surface area (Å²) in [6.45, 7) is 6.38. The van der Waals surface area contributed by atoms with E-state index in [9.17, 15) is 4.79 Å². The van der Waals surface area contributed by atoms with Crippen molar-refractivity contribution in [2.45, 2.75) is 50.5 Å². The van der Waals surface area contributed by atoms with Gasteiger partial charge in [0.25, 0.3) is 0 Å². The zero-order chi connectivity index (χ0) is 16.8. The Bertz CT molecular complexity index is 526. The molecule has 0 spiro atoms. The maximum atomic E-state index is 12.7. The predicted octanol–water partition coefficient (Wildman–Crippen LogP) is 3.15. The zero-order valence-electron chi connectivity index (χ0n) is 15.2. The van der Waals surface area contributed by atoms with Crippen molar-refractivity contribution in [3.8, 4) is 0 Å². The summed E-state index contributed by atoms with van der Waals surface area (Å²) in [6.07, 6.45) is 5.65. The van der Waals surface area contributed by atoms with Crippen molar-refractivity contribution >= 4 is 18.3 Å². The van der Waals surface area contributed by atoms with Gasteiger partial charge in [-0.2, -0.15) is 0 Å². The fourth-order valence-corrected chi connectivity index (χ4v) is 4.00. The van der Waals surface area contributed by atoms with E-state index in [4.69, 9.17) is 4.74 Å². The van der Waals surface area contributed by atoms with Gasteiger partial charge in [-0.15, -0.1) is 12.4 Å². The number of likely N-dealkylation sites (tertiary alicyclic amines) is 1. The number of carbonyl (C=O) groups excluding carboxylic acids is 1. The van der Waals surface area contributed by atoms with E-state index in [1.807, 2.05) is 13.0 Å². The molecular weight excluding hydrogens is 336 g/mol. The zero-order valence-corrected chi connectivity index (χ0v) is 16.0. The highest BCUT2D eigenvalue weighted by molar-refractivity contribution is 5.85. The minimum atomic E-state index is -0.0297. The molecule has 1 N–H and O–H groups in total. The van der Waals surface area contributed by atoms with E-state index >= 15 is 0 Å². The molecule has 3 rings (SSSR count). The second-order valence-corrected chi connectivity index (χ2v) is 7.25. The number of nitrogens with one attached hydrogen (secondary N) is 1. The number of ether oxygens (including phenoxy) is 1. The predicted molar refractivity (Wildman–Crippen MR) is 103 cm³/mol. The molecule has 0 saturated carbocycles. The van der Waals surface area contributed by atoms with E-state index in [1.54, 1.807) is 0 Å². The van der Waals surface area contributed by atoms with Crippen LogP contribution in [0.4, 0.5) is 0 Å². The Morgan fingerprint density at radius 3 is 2.44 bits per heavy atom. The van der Waals surface area contributed by atoms with E-state index in [2.05, 4.69) is 34.5 Å². The number of amides is 1. The van der Waals surface area contributed by atoms with Gasteiger partial charge in [-0.05, 0) is 51.3 Å². The molecule has 1 aromatic carbocycles. The normalized spacial score (nSPS) is 21.8. The van der Waals surface area contributed by atoms with Crippen LogP contribution >= 0.6 is 12.4 Å². The molecule has 1 amide bonds. The van der Waals surface area contributed by atoms with Crippen molar-refractivity contribution in [2.75, 3.05) is 32.8 Å². The first kappa shape index (κ1) is 20.2. The Hall–Kier alpha value is -1.10. The average Bonchev–Trinajstić information content (AvgIpc) is 2.67. The van der Waals surface area contributed by atoms with Crippen LogP contribution in [-0.4, -0.2) is 49.7 Å². The highest BCUT2D eigenvalue weighted by atomic mass is 35.5. The summed E-state index contributed by atoms with van der Waals surface area (Å²) >= 11 is 0. The average molecular weight is 367 g/mol. The summed E-state index contributed by atoms with van der Waals surface area (Å²) in [5.41, 5.74) is 1.33. The summed E-state index contributed by atoms with van der Waals surface area (Å²) in [4.78, 5) is 15.0. The van der Waals surface area contributed by atoms with Crippen molar-refractivity contribution in [3.05, 3.63) is 35.9 Å². The molecule has 2 aliphatic heterocycles. The van der Waals surface area contributed by atoms with Crippen LogP contribution in [0.2, 0.25) is 0 Å². The van der Waals surface area contributed by atoms with Gasteiger partial charge in [0.05, 0.1) is 6.04 Å². The molecule has 0 bridgehead atoms. The Morgan fingerprint density at radius 2 is 1.80 bits per heavy atom. The third-order valence-electron chi connectivity index (χ3n) is 5.75. The first-order valence-electron chi connectivity index (χ1n) is 9.36. The molecule has 1 aromatic rings. The van der Waals surface area contributed by atoms with Crippen LogP contribution in [-0.2, 0) is 14.9 Å². The topological polar surface area (TPSA) is 41.6 Å². The van der Waals surface area contributed by atoms with Gasteiger partial charge >= 0.3 is 0 Å². The molecule has 5 heteroatoms. The summed E-state index contributed by atoms with van der Waals surface area (Å²) in [5.74, 6) is 0.165. The van der Waals surface area contributed by atoms with E-state index in [1.165, 1.54) is 24.8 Å². The first-order valence-corrected chi connectivity index (χ1v) is 9.36.